The first kappa shape index (κ1) is 29.3. The third-order valence-corrected chi connectivity index (χ3v) is 10.1. The van der Waals surface area contributed by atoms with Gasteiger partial charge in [0, 0.05) is 22.3 Å². The van der Waals surface area contributed by atoms with Gasteiger partial charge in [-0.15, -0.1) is 0 Å². The minimum absolute atomic E-state index is 0.0900. The average molecular weight is 654 g/mol. The van der Waals surface area contributed by atoms with Gasteiger partial charge in [0.25, 0.3) is 0 Å². The molecule has 0 saturated carbocycles. The summed E-state index contributed by atoms with van der Waals surface area (Å²) in [6.45, 7) is 0. The SMILES string of the molecule is C1=CC2Oc3ccccc3C2C(c2nc(-c3ccc(-c4ccccc4)cc3)nc(-c3ccc4ccccc4c3)n2)=C1c1ccc2ccccc2c1. The summed E-state index contributed by atoms with van der Waals surface area (Å²) in [6.07, 6.45) is 4.21. The highest BCUT2D eigenvalue weighted by atomic mass is 16.5. The molecule has 0 radical (unpaired) electrons. The molecular formula is C47H31N3O. The molecule has 0 spiro atoms. The fraction of sp³-hybridized carbons (Fsp3) is 0.0426. The van der Waals surface area contributed by atoms with E-state index in [1.54, 1.807) is 0 Å². The molecule has 2 heterocycles. The van der Waals surface area contributed by atoms with Crippen molar-refractivity contribution in [2.45, 2.75) is 12.0 Å². The van der Waals surface area contributed by atoms with Gasteiger partial charge in [0.05, 0.1) is 5.92 Å². The lowest BCUT2D eigenvalue weighted by molar-refractivity contribution is 0.271. The van der Waals surface area contributed by atoms with Crippen molar-refractivity contribution in [3.8, 4) is 39.7 Å². The van der Waals surface area contributed by atoms with Gasteiger partial charge in [-0.1, -0.05) is 152 Å². The van der Waals surface area contributed by atoms with Gasteiger partial charge in [0.15, 0.2) is 17.5 Å². The highest BCUT2D eigenvalue weighted by molar-refractivity contribution is 6.01. The Bertz CT molecular complexity index is 2680. The van der Waals surface area contributed by atoms with E-state index in [0.29, 0.717) is 17.5 Å². The van der Waals surface area contributed by atoms with Crippen molar-refractivity contribution >= 4 is 32.7 Å². The van der Waals surface area contributed by atoms with Gasteiger partial charge in [-0.3, -0.25) is 0 Å². The molecule has 240 valence electrons. The molecule has 0 bridgehead atoms. The van der Waals surface area contributed by atoms with E-state index in [2.05, 4.69) is 164 Å². The van der Waals surface area contributed by atoms with Crippen LogP contribution < -0.4 is 4.74 Å². The monoisotopic (exact) mass is 653 g/mol. The Balaban J connectivity index is 1.21. The second kappa shape index (κ2) is 12.0. The lowest BCUT2D eigenvalue weighted by atomic mass is 9.79. The maximum absolute atomic E-state index is 6.56. The van der Waals surface area contributed by atoms with Crippen LogP contribution in [0.1, 0.15) is 22.9 Å². The Labute approximate surface area is 296 Å². The van der Waals surface area contributed by atoms with Crippen molar-refractivity contribution in [1.29, 1.82) is 0 Å². The average Bonchev–Trinajstić information content (AvgIpc) is 3.59. The Morgan fingerprint density at radius 3 is 1.69 bits per heavy atom. The Hall–Kier alpha value is -6.65. The zero-order valence-corrected chi connectivity index (χ0v) is 27.6. The van der Waals surface area contributed by atoms with E-state index in [9.17, 15) is 0 Å². The number of nitrogens with zero attached hydrogens (tertiary/aromatic N) is 3. The predicted molar refractivity (Wildman–Crippen MR) is 207 cm³/mol. The van der Waals surface area contributed by atoms with Gasteiger partial charge in [-0.25, -0.2) is 15.0 Å². The molecule has 1 aliphatic carbocycles. The van der Waals surface area contributed by atoms with Crippen LogP contribution in [0.2, 0.25) is 0 Å². The summed E-state index contributed by atoms with van der Waals surface area (Å²) in [5, 5.41) is 4.71. The van der Waals surface area contributed by atoms with E-state index in [1.807, 2.05) is 12.1 Å². The van der Waals surface area contributed by atoms with Crippen LogP contribution in [0.25, 0.3) is 66.6 Å². The van der Waals surface area contributed by atoms with Crippen molar-refractivity contribution in [2.24, 2.45) is 0 Å². The molecule has 8 aromatic rings. The number of fused-ring (bicyclic) bond motifs is 5. The first-order valence-corrected chi connectivity index (χ1v) is 17.3. The fourth-order valence-electron chi connectivity index (χ4n) is 7.55. The second-order valence-corrected chi connectivity index (χ2v) is 13.2. The van der Waals surface area contributed by atoms with Gasteiger partial charge < -0.3 is 4.74 Å². The molecule has 2 aliphatic rings. The Kier molecular flexibility index (Phi) is 6.91. The van der Waals surface area contributed by atoms with Crippen molar-refractivity contribution in [1.82, 2.24) is 15.0 Å². The molecule has 2 atom stereocenters. The number of para-hydroxylation sites is 1. The van der Waals surface area contributed by atoms with Crippen LogP contribution in [-0.2, 0) is 0 Å². The molecule has 0 fully saturated rings. The van der Waals surface area contributed by atoms with Crippen LogP contribution in [0, 0.1) is 0 Å². The largest absolute Gasteiger partial charge is 0.485 e. The molecule has 10 rings (SSSR count). The van der Waals surface area contributed by atoms with Gasteiger partial charge >= 0.3 is 0 Å². The number of hydrogen-bond donors (Lipinski definition) is 0. The van der Waals surface area contributed by atoms with Crippen LogP contribution in [0.5, 0.6) is 5.75 Å². The predicted octanol–water partition coefficient (Wildman–Crippen LogP) is 11.2. The van der Waals surface area contributed by atoms with Crippen molar-refractivity contribution in [3.05, 3.63) is 193 Å². The highest BCUT2D eigenvalue weighted by Gasteiger charge is 2.40. The molecule has 2 unspecified atom stereocenters. The molecule has 0 N–H and O–H groups in total. The van der Waals surface area contributed by atoms with Crippen molar-refractivity contribution in [3.63, 3.8) is 0 Å². The first-order chi connectivity index (χ1) is 25.2. The molecule has 4 nitrogen and oxygen atoms in total. The van der Waals surface area contributed by atoms with Gasteiger partial charge in [-0.05, 0) is 68.1 Å². The Morgan fingerprint density at radius 1 is 0.412 bits per heavy atom. The molecular weight excluding hydrogens is 623 g/mol. The smallest absolute Gasteiger partial charge is 0.164 e. The van der Waals surface area contributed by atoms with E-state index in [-0.39, 0.29) is 12.0 Å². The van der Waals surface area contributed by atoms with E-state index < -0.39 is 0 Å². The minimum Gasteiger partial charge on any atom is -0.485 e. The van der Waals surface area contributed by atoms with Gasteiger partial charge in [0.2, 0.25) is 0 Å². The van der Waals surface area contributed by atoms with E-state index >= 15 is 0 Å². The number of benzene rings is 7. The number of aromatic nitrogens is 3. The highest BCUT2D eigenvalue weighted by Crippen LogP contribution is 2.51. The summed E-state index contributed by atoms with van der Waals surface area (Å²) < 4.78 is 6.56. The maximum Gasteiger partial charge on any atom is 0.164 e. The third-order valence-electron chi connectivity index (χ3n) is 10.1. The topological polar surface area (TPSA) is 47.9 Å². The van der Waals surface area contributed by atoms with E-state index in [0.717, 1.165) is 50.1 Å². The quantitative estimate of drug-likeness (QED) is 0.185. The summed E-state index contributed by atoms with van der Waals surface area (Å²) in [6, 6.07) is 57.3. The van der Waals surface area contributed by atoms with E-state index in [1.165, 1.54) is 21.7 Å². The van der Waals surface area contributed by atoms with Gasteiger partial charge in [-0.2, -0.15) is 0 Å². The standard InChI is InChI=1S/C47H31N3O/c1-2-10-30(11-3-1)33-18-22-34(23-19-33)45-48-46(38-25-21-32-13-5-7-15-36(32)29-38)50-47(49-45)44-39(37-24-20-31-12-4-6-14-35(31)28-37)26-27-42-43(44)40-16-8-9-17-41(40)51-42/h1-29,42-43H. The van der Waals surface area contributed by atoms with Crippen LogP contribution in [0.4, 0.5) is 0 Å². The molecule has 7 aromatic carbocycles. The van der Waals surface area contributed by atoms with Crippen LogP contribution in [0.3, 0.4) is 0 Å². The summed E-state index contributed by atoms with van der Waals surface area (Å²) in [7, 11) is 0. The number of allylic oxidation sites excluding steroid dienone is 2. The molecule has 1 aromatic heterocycles. The first-order valence-electron chi connectivity index (χ1n) is 17.3. The molecule has 4 heteroatoms. The summed E-state index contributed by atoms with van der Waals surface area (Å²) in [5.41, 5.74) is 8.56. The maximum atomic E-state index is 6.56. The third kappa shape index (κ3) is 5.20. The summed E-state index contributed by atoms with van der Waals surface area (Å²) in [4.78, 5) is 15.8. The minimum atomic E-state index is -0.170. The van der Waals surface area contributed by atoms with E-state index in [4.69, 9.17) is 19.7 Å². The second-order valence-electron chi connectivity index (χ2n) is 13.2. The Morgan fingerprint density at radius 2 is 0.941 bits per heavy atom. The molecule has 51 heavy (non-hydrogen) atoms. The zero-order chi connectivity index (χ0) is 33.7. The molecule has 0 saturated heterocycles. The molecule has 1 aliphatic heterocycles. The normalized spacial score (nSPS) is 16.2. The van der Waals surface area contributed by atoms with Crippen LogP contribution in [0.15, 0.2) is 176 Å². The number of ether oxygens (including phenoxy) is 1. The van der Waals surface area contributed by atoms with Crippen LogP contribution in [-0.4, -0.2) is 21.1 Å². The molecule has 0 amide bonds. The van der Waals surface area contributed by atoms with Crippen molar-refractivity contribution < 1.29 is 4.74 Å². The summed E-state index contributed by atoms with van der Waals surface area (Å²) >= 11 is 0. The number of rotatable bonds is 5. The lowest BCUT2D eigenvalue weighted by Crippen LogP contribution is -2.22. The van der Waals surface area contributed by atoms with Crippen molar-refractivity contribution in [2.75, 3.05) is 0 Å². The zero-order valence-electron chi connectivity index (χ0n) is 27.6. The lowest BCUT2D eigenvalue weighted by Gasteiger charge is -2.26. The number of hydrogen-bond acceptors (Lipinski definition) is 4. The van der Waals surface area contributed by atoms with Crippen LogP contribution >= 0.6 is 0 Å². The summed E-state index contributed by atoms with van der Waals surface area (Å²) in [5.74, 6) is 2.73. The fourth-order valence-corrected chi connectivity index (χ4v) is 7.55. The van der Waals surface area contributed by atoms with Gasteiger partial charge in [0.1, 0.15) is 11.9 Å².